The number of benzene rings is 1. The molecule has 1 fully saturated rings. The van der Waals surface area contributed by atoms with Crippen molar-refractivity contribution in [3.63, 3.8) is 0 Å². The standard InChI is InChI=1S/C19H20F2N2O3/c1-26-17-6-5-12(10-22-17)19(13-7-14(24)8-13)23-16(25)9-11-3-2-4-15(20)18(11)21/h2-6,10,13-14,19,24H,7-9H2,1H3,(H,23,25)/t13?,14?,19-/m1/s1. The van der Waals surface area contributed by atoms with Crippen molar-refractivity contribution in [2.75, 3.05) is 7.11 Å². The van der Waals surface area contributed by atoms with Gasteiger partial charge in [0, 0.05) is 17.8 Å². The largest absolute Gasteiger partial charge is 0.481 e. The highest BCUT2D eigenvalue weighted by Gasteiger charge is 2.36. The summed E-state index contributed by atoms with van der Waals surface area (Å²) in [5, 5.41) is 12.5. The van der Waals surface area contributed by atoms with Gasteiger partial charge in [0.1, 0.15) is 0 Å². The van der Waals surface area contributed by atoms with Crippen molar-refractivity contribution in [1.82, 2.24) is 10.3 Å². The van der Waals surface area contributed by atoms with Gasteiger partial charge in [0.25, 0.3) is 0 Å². The van der Waals surface area contributed by atoms with Crippen LogP contribution in [0.3, 0.4) is 0 Å². The second-order valence-electron chi connectivity index (χ2n) is 6.45. The molecule has 1 heterocycles. The number of aliphatic hydroxyl groups excluding tert-OH is 1. The van der Waals surface area contributed by atoms with Gasteiger partial charge in [-0.1, -0.05) is 18.2 Å². The van der Waals surface area contributed by atoms with E-state index in [2.05, 4.69) is 10.3 Å². The second-order valence-corrected chi connectivity index (χ2v) is 6.45. The van der Waals surface area contributed by atoms with E-state index in [1.54, 1.807) is 18.3 Å². The Morgan fingerprint density at radius 2 is 2.12 bits per heavy atom. The Kier molecular flexibility index (Phi) is 5.46. The van der Waals surface area contributed by atoms with Crippen molar-refractivity contribution in [2.24, 2.45) is 5.92 Å². The van der Waals surface area contributed by atoms with Crippen LogP contribution in [0.1, 0.15) is 30.0 Å². The molecule has 2 N–H and O–H groups in total. The molecule has 0 spiro atoms. The maximum Gasteiger partial charge on any atom is 0.225 e. The van der Waals surface area contributed by atoms with Gasteiger partial charge in [-0.3, -0.25) is 4.79 Å². The van der Waals surface area contributed by atoms with Gasteiger partial charge in [-0.15, -0.1) is 0 Å². The molecular weight excluding hydrogens is 342 g/mol. The minimum Gasteiger partial charge on any atom is -0.481 e. The number of ether oxygens (including phenoxy) is 1. The van der Waals surface area contributed by atoms with Crippen molar-refractivity contribution < 1.29 is 23.4 Å². The van der Waals surface area contributed by atoms with Crippen LogP contribution in [0.2, 0.25) is 0 Å². The van der Waals surface area contributed by atoms with Crippen molar-refractivity contribution in [1.29, 1.82) is 0 Å². The predicted octanol–water partition coefficient (Wildman–Crippen LogP) is 2.54. The van der Waals surface area contributed by atoms with Crippen LogP contribution in [0, 0.1) is 17.6 Å². The maximum atomic E-state index is 13.8. The number of carbonyl (C=O) groups excluding carboxylic acids is 1. The molecule has 1 amide bonds. The second kappa shape index (κ2) is 7.78. The third kappa shape index (κ3) is 3.99. The monoisotopic (exact) mass is 362 g/mol. The zero-order valence-electron chi connectivity index (χ0n) is 14.3. The van der Waals surface area contributed by atoms with Crippen LogP contribution in [0.25, 0.3) is 0 Å². The van der Waals surface area contributed by atoms with Crippen LogP contribution in [-0.2, 0) is 11.2 Å². The smallest absolute Gasteiger partial charge is 0.225 e. The molecule has 1 aliphatic rings. The van der Waals surface area contributed by atoms with Gasteiger partial charge in [0.2, 0.25) is 11.8 Å². The van der Waals surface area contributed by atoms with Crippen LogP contribution >= 0.6 is 0 Å². The predicted molar refractivity (Wildman–Crippen MR) is 90.5 cm³/mol. The SMILES string of the molecule is COc1ccc([C@@H](NC(=O)Cc2cccc(F)c2F)C2CC(O)C2)cn1. The lowest BCUT2D eigenvalue weighted by Crippen LogP contribution is -2.42. The number of pyridine rings is 1. The molecule has 26 heavy (non-hydrogen) atoms. The topological polar surface area (TPSA) is 71.5 Å². The van der Waals surface area contributed by atoms with Crippen molar-refractivity contribution >= 4 is 5.91 Å². The number of methoxy groups -OCH3 is 1. The van der Waals surface area contributed by atoms with Crippen LogP contribution in [-0.4, -0.2) is 29.2 Å². The number of nitrogens with one attached hydrogen (secondary N) is 1. The van der Waals surface area contributed by atoms with Gasteiger partial charge in [-0.05, 0) is 30.4 Å². The summed E-state index contributed by atoms with van der Waals surface area (Å²) in [6.45, 7) is 0. The van der Waals surface area contributed by atoms with Gasteiger partial charge in [-0.25, -0.2) is 13.8 Å². The highest BCUT2D eigenvalue weighted by molar-refractivity contribution is 5.79. The Hall–Kier alpha value is -2.54. The van der Waals surface area contributed by atoms with E-state index < -0.39 is 17.5 Å². The van der Waals surface area contributed by atoms with E-state index >= 15 is 0 Å². The highest BCUT2D eigenvalue weighted by atomic mass is 19.2. The molecule has 0 radical (unpaired) electrons. The lowest BCUT2D eigenvalue weighted by atomic mass is 9.75. The van der Waals surface area contributed by atoms with Crippen LogP contribution in [0.4, 0.5) is 8.78 Å². The molecule has 1 aliphatic carbocycles. The molecule has 2 aromatic rings. The minimum atomic E-state index is -1.01. The molecule has 138 valence electrons. The zero-order chi connectivity index (χ0) is 18.7. The first-order valence-electron chi connectivity index (χ1n) is 8.38. The summed E-state index contributed by atoms with van der Waals surface area (Å²) >= 11 is 0. The van der Waals surface area contributed by atoms with Crippen molar-refractivity contribution in [2.45, 2.75) is 31.4 Å². The number of aliphatic hydroxyl groups is 1. The number of halogens is 2. The minimum absolute atomic E-state index is 0.00255. The summed E-state index contributed by atoms with van der Waals surface area (Å²) in [7, 11) is 1.51. The number of carbonyl (C=O) groups is 1. The van der Waals surface area contributed by atoms with E-state index in [0.29, 0.717) is 18.7 Å². The molecule has 0 aliphatic heterocycles. The van der Waals surface area contributed by atoms with E-state index in [9.17, 15) is 18.7 Å². The van der Waals surface area contributed by atoms with Gasteiger partial charge in [0.15, 0.2) is 11.6 Å². The normalized spacial score (nSPS) is 20.2. The summed E-state index contributed by atoms with van der Waals surface area (Å²) in [6.07, 6.45) is 2.08. The van der Waals surface area contributed by atoms with E-state index in [1.165, 1.54) is 19.2 Å². The summed E-state index contributed by atoms with van der Waals surface area (Å²) in [6, 6.07) is 6.89. The zero-order valence-corrected chi connectivity index (χ0v) is 14.3. The van der Waals surface area contributed by atoms with Gasteiger partial charge >= 0.3 is 0 Å². The molecule has 1 aromatic carbocycles. The van der Waals surface area contributed by atoms with Crippen LogP contribution in [0.5, 0.6) is 5.88 Å². The number of aromatic nitrogens is 1. The van der Waals surface area contributed by atoms with Crippen LogP contribution in [0.15, 0.2) is 36.5 Å². The Balaban J connectivity index is 1.74. The van der Waals surface area contributed by atoms with Gasteiger partial charge < -0.3 is 15.2 Å². The first-order valence-corrected chi connectivity index (χ1v) is 8.38. The summed E-state index contributed by atoms with van der Waals surface area (Å²) < 4.78 is 32.1. The number of rotatable bonds is 6. The Morgan fingerprint density at radius 1 is 1.35 bits per heavy atom. The fraction of sp³-hybridized carbons (Fsp3) is 0.368. The average molecular weight is 362 g/mol. The molecule has 7 heteroatoms. The molecule has 0 bridgehead atoms. The fourth-order valence-electron chi connectivity index (χ4n) is 3.15. The average Bonchev–Trinajstić information content (AvgIpc) is 2.61. The molecule has 0 unspecified atom stereocenters. The van der Waals surface area contributed by atoms with Gasteiger partial charge in [-0.2, -0.15) is 0 Å². The van der Waals surface area contributed by atoms with Crippen molar-refractivity contribution in [3.05, 3.63) is 59.3 Å². The lowest BCUT2D eigenvalue weighted by Gasteiger charge is -2.38. The van der Waals surface area contributed by atoms with Gasteiger partial charge in [0.05, 0.1) is 25.7 Å². The van der Waals surface area contributed by atoms with Crippen LogP contribution < -0.4 is 10.1 Å². The summed E-state index contributed by atoms with van der Waals surface area (Å²) in [5.74, 6) is -1.90. The fourth-order valence-corrected chi connectivity index (χ4v) is 3.15. The number of amides is 1. The van der Waals surface area contributed by atoms with E-state index in [1.807, 2.05) is 0 Å². The quantitative estimate of drug-likeness (QED) is 0.828. The first kappa shape index (κ1) is 18.3. The molecule has 1 saturated carbocycles. The van der Waals surface area contributed by atoms with E-state index in [4.69, 9.17) is 4.74 Å². The molecule has 5 nitrogen and oxygen atoms in total. The molecule has 1 atom stereocenters. The third-order valence-corrected chi connectivity index (χ3v) is 4.65. The molecular formula is C19H20F2N2O3. The molecule has 3 rings (SSSR count). The number of hydrogen-bond acceptors (Lipinski definition) is 4. The first-order chi connectivity index (χ1) is 12.5. The number of hydrogen-bond donors (Lipinski definition) is 2. The Labute approximate surface area is 150 Å². The van der Waals surface area contributed by atoms with E-state index in [0.717, 1.165) is 11.6 Å². The summed E-state index contributed by atoms with van der Waals surface area (Å²) in [5.41, 5.74) is 0.776. The summed E-state index contributed by atoms with van der Waals surface area (Å²) in [4.78, 5) is 16.6. The highest BCUT2D eigenvalue weighted by Crippen LogP contribution is 2.38. The Bertz CT molecular complexity index is 777. The molecule has 1 aromatic heterocycles. The maximum absolute atomic E-state index is 13.8. The third-order valence-electron chi connectivity index (χ3n) is 4.65. The number of nitrogens with zero attached hydrogens (tertiary/aromatic N) is 1. The lowest BCUT2D eigenvalue weighted by molar-refractivity contribution is -0.122. The van der Waals surface area contributed by atoms with Crippen molar-refractivity contribution in [3.8, 4) is 5.88 Å². The Morgan fingerprint density at radius 3 is 2.73 bits per heavy atom. The van der Waals surface area contributed by atoms with E-state index in [-0.39, 0.29) is 30.0 Å². The molecule has 0 saturated heterocycles.